The molecule has 0 unspecified atom stereocenters. The van der Waals surface area contributed by atoms with Crippen LogP contribution in [-0.2, 0) is 9.53 Å². The number of nitrogens with zero attached hydrogens (tertiary/aromatic N) is 4. The van der Waals surface area contributed by atoms with Crippen LogP contribution in [0.2, 0.25) is 5.02 Å². The first-order valence-corrected chi connectivity index (χ1v) is 12.3. The molecule has 1 aliphatic rings. The number of carbonyl (C=O) groups is 1. The third-order valence-corrected chi connectivity index (χ3v) is 6.58. The van der Waals surface area contributed by atoms with Crippen LogP contribution in [0, 0.1) is 20.8 Å². The number of aryl methyl sites for hydroxylation is 2. The van der Waals surface area contributed by atoms with E-state index < -0.39 is 11.6 Å². The first kappa shape index (κ1) is 25.1. The molecule has 0 aliphatic carbocycles. The van der Waals surface area contributed by atoms with Crippen molar-refractivity contribution >= 4 is 34.6 Å². The molecule has 0 saturated heterocycles. The van der Waals surface area contributed by atoms with E-state index in [4.69, 9.17) is 21.3 Å². The lowest BCUT2D eigenvalue weighted by atomic mass is 9.99. The molecule has 0 amide bonds. The molecule has 0 spiro atoms. The van der Waals surface area contributed by atoms with Crippen LogP contribution in [0.15, 0.2) is 29.3 Å². The van der Waals surface area contributed by atoms with E-state index in [1.54, 1.807) is 11.3 Å². The fourth-order valence-electron chi connectivity index (χ4n) is 3.67. The van der Waals surface area contributed by atoms with Crippen molar-refractivity contribution in [1.29, 1.82) is 0 Å². The fraction of sp³-hybridized carbons (Fsp3) is 0.440. The van der Waals surface area contributed by atoms with Gasteiger partial charge in [-0.25, -0.2) is 0 Å². The Kier molecular flexibility index (Phi) is 7.44. The van der Waals surface area contributed by atoms with E-state index in [0.717, 1.165) is 33.2 Å². The van der Waals surface area contributed by atoms with Gasteiger partial charge in [0.2, 0.25) is 0 Å². The summed E-state index contributed by atoms with van der Waals surface area (Å²) in [5.74, 6) is 1.09. The van der Waals surface area contributed by atoms with Crippen molar-refractivity contribution in [3.05, 3.63) is 62.5 Å². The standard InChI is InChI=1S/C23H25ClN4O2S.C2H6/c1-12-13(2)31-22-19(12)20(15-7-9-16(24)10-8-15)25-17(11-18(29)30-23(4,5)6)21-27-26-14(3)28(21)22;1-2/h7-10,17H,11H2,1-6H3;1-2H3/t17-;/m0./s1. The van der Waals surface area contributed by atoms with Gasteiger partial charge in [-0.3, -0.25) is 14.4 Å². The highest BCUT2D eigenvalue weighted by atomic mass is 35.5. The highest BCUT2D eigenvalue weighted by Crippen LogP contribution is 2.39. The predicted molar refractivity (Wildman–Crippen MR) is 135 cm³/mol. The van der Waals surface area contributed by atoms with Crippen LogP contribution < -0.4 is 0 Å². The number of ether oxygens (including phenoxy) is 1. The van der Waals surface area contributed by atoms with Crippen molar-refractivity contribution in [1.82, 2.24) is 14.8 Å². The smallest absolute Gasteiger partial charge is 0.308 e. The first-order chi connectivity index (χ1) is 15.5. The van der Waals surface area contributed by atoms with Gasteiger partial charge in [-0.2, -0.15) is 0 Å². The lowest BCUT2D eigenvalue weighted by molar-refractivity contribution is -0.155. The normalized spacial score (nSPS) is 14.9. The molecule has 176 valence electrons. The van der Waals surface area contributed by atoms with Crippen molar-refractivity contribution in [2.75, 3.05) is 0 Å². The minimum absolute atomic E-state index is 0.0828. The van der Waals surface area contributed by atoms with E-state index in [9.17, 15) is 4.79 Å². The maximum Gasteiger partial charge on any atom is 0.308 e. The molecule has 2 aromatic heterocycles. The van der Waals surface area contributed by atoms with Crippen molar-refractivity contribution in [3.8, 4) is 5.00 Å². The Labute approximate surface area is 204 Å². The average Bonchev–Trinajstić information content (AvgIpc) is 3.21. The molecule has 0 radical (unpaired) electrons. The number of benzene rings is 1. The number of thiophene rings is 1. The topological polar surface area (TPSA) is 69.4 Å². The van der Waals surface area contributed by atoms with Gasteiger partial charge in [0.1, 0.15) is 22.5 Å². The monoisotopic (exact) mass is 486 g/mol. The lowest BCUT2D eigenvalue weighted by Crippen LogP contribution is -2.25. The quantitative estimate of drug-likeness (QED) is 0.393. The molecule has 0 bridgehead atoms. The van der Waals surface area contributed by atoms with E-state index in [-0.39, 0.29) is 12.4 Å². The van der Waals surface area contributed by atoms with E-state index in [0.29, 0.717) is 10.8 Å². The molecule has 1 aliphatic heterocycles. The van der Waals surface area contributed by atoms with Gasteiger partial charge in [0, 0.05) is 21.0 Å². The zero-order valence-corrected chi connectivity index (χ0v) is 22.1. The van der Waals surface area contributed by atoms with E-state index in [1.165, 1.54) is 4.88 Å². The zero-order chi connectivity index (χ0) is 24.5. The van der Waals surface area contributed by atoms with Crippen LogP contribution in [-0.4, -0.2) is 32.0 Å². The Balaban J connectivity index is 0.00000149. The summed E-state index contributed by atoms with van der Waals surface area (Å²) in [4.78, 5) is 19.0. The Morgan fingerprint density at radius 2 is 1.76 bits per heavy atom. The summed E-state index contributed by atoms with van der Waals surface area (Å²) in [6, 6.07) is 7.11. The second-order valence-corrected chi connectivity index (χ2v) is 10.3. The third kappa shape index (κ3) is 5.20. The van der Waals surface area contributed by atoms with Crippen molar-refractivity contribution in [2.24, 2.45) is 4.99 Å². The molecule has 0 N–H and O–H groups in total. The summed E-state index contributed by atoms with van der Waals surface area (Å²) >= 11 is 7.82. The predicted octanol–water partition coefficient (Wildman–Crippen LogP) is 6.56. The molecule has 8 heteroatoms. The molecule has 6 nitrogen and oxygen atoms in total. The third-order valence-electron chi connectivity index (χ3n) is 5.14. The van der Waals surface area contributed by atoms with Gasteiger partial charge >= 0.3 is 5.97 Å². The summed E-state index contributed by atoms with van der Waals surface area (Å²) in [6.07, 6.45) is 0.0828. The summed E-state index contributed by atoms with van der Waals surface area (Å²) in [5, 5.41) is 10.4. The highest BCUT2D eigenvalue weighted by Gasteiger charge is 2.33. The molecule has 0 saturated carbocycles. The summed E-state index contributed by atoms with van der Waals surface area (Å²) in [6.45, 7) is 15.7. The molecular weight excluding hydrogens is 456 g/mol. The second kappa shape index (κ2) is 9.77. The SMILES string of the molecule is CC.Cc1sc2c(c1C)C(c1ccc(Cl)cc1)=N[C@@H](CC(=O)OC(C)(C)C)c1nnc(C)n1-2. The number of rotatable bonds is 3. The van der Waals surface area contributed by atoms with Crippen molar-refractivity contribution in [2.45, 2.75) is 73.5 Å². The maximum atomic E-state index is 12.7. The molecule has 0 fully saturated rings. The molecule has 1 atom stereocenters. The summed E-state index contributed by atoms with van der Waals surface area (Å²) in [5.41, 5.74) is 3.40. The highest BCUT2D eigenvalue weighted by molar-refractivity contribution is 7.15. The van der Waals surface area contributed by atoms with Crippen LogP contribution in [0.3, 0.4) is 0 Å². The molecule has 3 heterocycles. The van der Waals surface area contributed by atoms with Crippen LogP contribution in [0.25, 0.3) is 5.00 Å². The largest absolute Gasteiger partial charge is 0.460 e. The number of aromatic nitrogens is 3. The van der Waals surface area contributed by atoms with Crippen LogP contribution >= 0.6 is 22.9 Å². The summed E-state index contributed by atoms with van der Waals surface area (Å²) < 4.78 is 7.61. The Morgan fingerprint density at radius 1 is 1.12 bits per heavy atom. The van der Waals surface area contributed by atoms with Crippen molar-refractivity contribution in [3.63, 3.8) is 0 Å². The molecule has 1 aromatic carbocycles. The van der Waals surface area contributed by atoms with E-state index in [1.807, 2.05) is 70.4 Å². The van der Waals surface area contributed by atoms with Gasteiger partial charge in [-0.05, 0) is 59.2 Å². The van der Waals surface area contributed by atoms with Gasteiger partial charge in [-0.1, -0.05) is 37.6 Å². The number of fused-ring (bicyclic) bond motifs is 3. The Bertz CT molecular complexity index is 1190. The van der Waals surface area contributed by atoms with Crippen LogP contribution in [0.1, 0.15) is 80.3 Å². The van der Waals surface area contributed by atoms with Gasteiger partial charge in [0.25, 0.3) is 0 Å². The molecule has 3 aromatic rings. The minimum Gasteiger partial charge on any atom is -0.460 e. The Hall–Kier alpha value is -2.51. The van der Waals surface area contributed by atoms with Gasteiger partial charge in [0.05, 0.1) is 12.1 Å². The molecule has 4 rings (SSSR count). The minimum atomic E-state index is -0.569. The number of hydrogen-bond acceptors (Lipinski definition) is 6. The number of hydrogen-bond donors (Lipinski definition) is 0. The molecule has 33 heavy (non-hydrogen) atoms. The lowest BCUT2D eigenvalue weighted by Gasteiger charge is -2.21. The second-order valence-electron chi connectivity index (χ2n) is 8.70. The number of halogens is 1. The van der Waals surface area contributed by atoms with Gasteiger partial charge in [0.15, 0.2) is 5.82 Å². The first-order valence-electron chi connectivity index (χ1n) is 11.1. The van der Waals surface area contributed by atoms with Crippen LogP contribution in [0.5, 0.6) is 0 Å². The Morgan fingerprint density at radius 3 is 2.36 bits per heavy atom. The zero-order valence-electron chi connectivity index (χ0n) is 20.5. The van der Waals surface area contributed by atoms with Gasteiger partial charge < -0.3 is 4.74 Å². The molecular formula is C25H31ClN4O2S. The van der Waals surface area contributed by atoms with E-state index in [2.05, 4.69) is 24.0 Å². The fourth-order valence-corrected chi connectivity index (χ4v) is 5.01. The summed E-state index contributed by atoms with van der Waals surface area (Å²) in [7, 11) is 0. The number of carbonyl (C=O) groups excluding carboxylic acids is 1. The number of aliphatic imine (C=N–C) groups is 1. The van der Waals surface area contributed by atoms with E-state index >= 15 is 0 Å². The van der Waals surface area contributed by atoms with Gasteiger partial charge in [-0.15, -0.1) is 21.5 Å². The van der Waals surface area contributed by atoms with Crippen LogP contribution in [0.4, 0.5) is 0 Å². The van der Waals surface area contributed by atoms with Crippen molar-refractivity contribution < 1.29 is 9.53 Å². The number of esters is 1. The average molecular weight is 487 g/mol. The maximum absolute atomic E-state index is 12.7.